The maximum Gasteiger partial charge on any atom is 0.279 e. The van der Waals surface area contributed by atoms with Crippen LogP contribution < -0.4 is 15.4 Å². The van der Waals surface area contributed by atoms with Crippen molar-refractivity contribution in [2.75, 3.05) is 57.1 Å². The van der Waals surface area contributed by atoms with Crippen molar-refractivity contribution in [1.29, 1.82) is 0 Å². The second-order valence-corrected chi connectivity index (χ2v) is 6.47. The number of hydrogen-bond donors (Lipinski definition) is 2. The summed E-state index contributed by atoms with van der Waals surface area (Å²) in [4.78, 5) is 6.02. The summed E-state index contributed by atoms with van der Waals surface area (Å²) < 4.78 is 32.9. The summed E-state index contributed by atoms with van der Waals surface area (Å²) in [7, 11) is -1.90. The van der Waals surface area contributed by atoms with Crippen molar-refractivity contribution in [2.24, 2.45) is 0 Å². The molecule has 118 valence electrons. The van der Waals surface area contributed by atoms with Crippen LogP contribution in [0.25, 0.3) is 0 Å². The zero-order chi connectivity index (χ0) is 15.3. The molecule has 1 aromatic heterocycles. The molecule has 1 aliphatic rings. The molecule has 1 saturated heterocycles. The zero-order valence-corrected chi connectivity index (χ0v) is 12.8. The average Bonchev–Trinajstić information content (AvgIpc) is 2.48. The molecule has 1 aromatic rings. The number of nitrogens with two attached hydrogens (primary N) is 1. The predicted octanol–water partition coefficient (Wildman–Crippen LogP) is -0.733. The summed E-state index contributed by atoms with van der Waals surface area (Å²) in [6.45, 7) is 2.66. The van der Waals surface area contributed by atoms with Crippen LogP contribution in [0.1, 0.15) is 0 Å². The Labute approximate surface area is 125 Å². The van der Waals surface area contributed by atoms with E-state index in [1.165, 1.54) is 11.4 Å². The number of nitrogens with zero attached hydrogens (tertiary/aromatic N) is 3. The second-order valence-electron chi connectivity index (χ2n) is 4.71. The van der Waals surface area contributed by atoms with Gasteiger partial charge in [0.05, 0.1) is 24.2 Å². The minimum absolute atomic E-state index is 0.274. The standard InChI is InChI=1S/C12H21N5O3S/c1-20-9-4-15-21(18,19)17-7-5-16(6-8-17)12-2-3-14-10-11(12)13/h2-3,10,15H,4-9,13H2,1H3. The largest absolute Gasteiger partial charge is 0.396 e. The highest BCUT2D eigenvalue weighted by Crippen LogP contribution is 2.22. The SMILES string of the molecule is COCCNS(=O)(=O)N1CCN(c2ccncc2N)CC1. The quantitative estimate of drug-likeness (QED) is 0.671. The number of aromatic nitrogens is 1. The first-order valence-electron chi connectivity index (χ1n) is 6.72. The first-order chi connectivity index (χ1) is 10.0. The van der Waals surface area contributed by atoms with Crippen LogP contribution in [0.5, 0.6) is 0 Å². The fraction of sp³-hybridized carbons (Fsp3) is 0.583. The topological polar surface area (TPSA) is 101 Å². The molecular weight excluding hydrogens is 294 g/mol. The summed E-state index contributed by atoms with van der Waals surface area (Å²) in [6.07, 6.45) is 3.28. The molecule has 0 spiro atoms. The van der Waals surface area contributed by atoms with Crippen LogP contribution in [0.2, 0.25) is 0 Å². The van der Waals surface area contributed by atoms with E-state index >= 15 is 0 Å². The third kappa shape index (κ3) is 4.03. The summed E-state index contributed by atoms with van der Waals surface area (Å²) in [5, 5.41) is 0. The summed E-state index contributed by atoms with van der Waals surface area (Å²) in [5.74, 6) is 0. The maximum absolute atomic E-state index is 12.1. The summed E-state index contributed by atoms with van der Waals surface area (Å²) in [5.41, 5.74) is 7.39. The Kier molecular flexibility index (Phi) is 5.34. The van der Waals surface area contributed by atoms with Crippen molar-refractivity contribution in [2.45, 2.75) is 0 Å². The molecule has 0 atom stereocenters. The fourth-order valence-corrected chi connectivity index (χ4v) is 3.39. The molecule has 0 bridgehead atoms. The van der Waals surface area contributed by atoms with E-state index in [1.54, 1.807) is 12.4 Å². The molecule has 2 heterocycles. The van der Waals surface area contributed by atoms with Crippen LogP contribution in [0.15, 0.2) is 18.5 Å². The number of rotatable bonds is 6. The van der Waals surface area contributed by atoms with E-state index < -0.39 is 10.2 Å². The number of nitrogens with one attached hydrogen (secondary N) is 1. The van der Waals surface area contributed by atoms with E-state index in [4.69, 9.17) is 10.5 Å². The second kappa shape index (κ2) is 7.03. The maximum atomic E-state index is 12.1. The number of anilines is 2. The van der Waals surface area contributed by atoms with E-state index in [9.17, 15) is 8.42 Å². The van der Waals surface area contributed by atoms with Gasteiger partial charge < -0.3 is 15.4 Å². The monoisotopic (exact) mass is 315 g/mol. The highest BCUT2D eigenvalue weighted by atomic mass is 32.2. The lowest BCUT2D eigenvalue weighted by molar-refractivity contribution is 0.203. The minimum Gasteiger partial charge on any atom is -0.396 e. The molecule has 0 unspecified atom stereocenters. The van der Waals surface area contributed by atoms with Crippen molar-refractivity contribution in [3.63, 3.8) is 0 Å². The van der Waals surface area contributed by atoms with Crippen molar-refractivity contribution < 1.29 is 13.2 Å². The number of pyridine rings is 1. The number of nitrogen functional groups attached to an aromatic ring is 1. The van der Waals surface area contributed by atoms with Crippen LogP contribution >= 0.6 is 0 Å². The van der Waals surface area contributed by atoms with Crippen LogP contribution in [0, 0.1) is 0 Å². The van der Waals surface area contributed by atoms with Crippen LogP contribution in [-0.4, -0.2) is 64.1 Å². The van der Waals surface area contributed by atoms with Gasteiger partial charge in [-0.1, -0.05) is 0 Å². The Morgan fingerprint density at radius 1 is 1.38 bits per heavy atom. The van der Waals surface area contributed by atoms with Gasteiger partial charge in [-0.05, 0) is 6.07 Å². The molecule has 9 heteroatoms. The Morgan fingerprint density at radius 2 is 2.10 bits per heavy atom. The van der Waals surface area contributed by atoms with Gasteiger partial charge in [-0.15, -0.1) is 0 Å². The molecule has 0 aromatic carbocycles. The van der Waals surface area contributed by atoms with Gasteiger partial charge in [0, 0.05) is 46.0 Å². The molecule has 8 nitrogen and oxygen atoms in total. The number of piperazine rings is 1. The van der Waals surface area contributed by atoms with Gasteiger partial charge in [0.25, 0.3) is 10.2 Å². The van der Waals surface area contributed by atoms with Gasteiger partial charge in [-0.2, -0.15) is 17.4 Å². The van der Waals surface area contributed by atoms with E-state index in [2.05, 4.69) is 14.6 Å². The highest BCUT2D eigenvalue weighted by molar-refractivity contribution is 7.87. The zero-order valence-electron chi connectivity index (χ0n) is 12.0. The minimum atomic E-state index is -3.44. The number of ether oxygens (including phenoxy) is 1. The lowest BCUT2D eigenvalue weighted by Gasteiger charge is -2.35. The predicted molar refractivity (Wildman–Crippen MR) is 81.2 cm³/mol. The molecule has 21 heavy (non-hydrogen) atoms. The van der Waals surface area contributed by atoms with Gasteiger partial charge in [0.15, 0.2) is 0 Å². The van der Waals surface area contributed by atoms with Crippen molar-refractivity contribution in [1.82, 2.24) is 14.0 Å². The Bertz CT molecular complexity index is 558. The third-order valence-electron chi connectivity index (χ3n) is 3.34. The van der Waals surface area contributed by atoms with Gasteiger partial charge >= 0.3 is 0 Å². The number of methoxy groups -OCH3 is 1. The smallest absolute Gasteiger partial charge is 0.279 e. The first-order valence-corrected chi connectivity index (χ1v) is 8.16. The van der Waals surface area contributed by atoms with Crippen LogP contribution in [-0.2, 0) is 14.9 Å². The van der Waals surface area contributed by atoms with E-state index in [-0.39, 0.29) is 6.54 Å². The van der Waals surface area contributed by atoms with Crippen molar-refractivity contribution in [3.05, 3.63) is 18.5 Å². The van der Waals surface area contributed by atoms with E-state index in [1.807, 2.05) is 6.07 Å². The summed E-state index contributed by atoms with van der Waals surface area (Å²) >= 11 is 0. The van der Waals surface area contributed by atoms with Crippen molar-refractivity contribution in [3.8, 4) is 0 Å². The first kappa shape index (κ1) is 16.0. The lowest BCUT2D eigenvalue weighted by Crippen LogP contribution is -2.52. The van der Waals surface area contributed by atoms with Gasteiger partial charge in [0.2, 0.25) is 0 Å². The average molecular weight is 315 g/mol. The molecule has 0 saturated carbocycles. The molecule has 1 aliphatic heterocycles. The number of hydrogen-bond acceptors (Lipinski definition) is 6. The van der Waals surface area contributed by atoms with E-state index in [0.717, 1.165) is 5.69 Å². The van der Waals surface area contributed by atoms with E-state index in [0.29, 0.717) is 38.5 Å². The Morgan fingerprint density at radius 3 is 2.71 bits per heavy atom. The third-order valence-corrected chi connectivity index (χ3v) is 4.95. The normalized spacial score (nSPS) is 17.1. The van der Waals surface area contributed by atoms with Crippen LogP contribution in [0.3, 0.4) is 0 Å². The molecule has 3 N–H and O–H groups in total. The van der Waals surface area contributed by atoms with Crippen molar-refractivity contribution >= 4 is 21.6 Å². The fourth-order valence-electron chi connectivity index (χ4n) is 2.22. The highest BCUT2D eigenvalue weighted by Gasteiger charge is 2.27. The summed E-state index contributed by atoms with van der Waals surface area (Å²) in [6, 6.07) is 1.84. The molecule has 2 rings (SSSR count). The Balaban J connectivity index is 1.93. The molecule has 1 fully saturated rings. The molecule has 0 aliphatic carbocycles. The molecule has 0 amide bonds. The van der Waals surface area contributed by atoms with Gasteiger partial charge in [0.1, 0.15) is 0 Å². The Hall–Kier alpha value is -1.42. The molecular formula is C12H21N5O3S. The van der Waals surface area contributed by atoms with Crippen LogP contribution in [0.4, 0.5) is 11.4 Å². The van der Waals surface area contributed by atoms with Gasteiger partial charge in [-0.3, -0.25) is 4.98 Å². The lowest BCUT2D eigenvalue weighted by atomic mass is 10.2. The molecule has 0 radical (unpaired) electrons. The van der Waals surface area contributed by atoms with Gasteiger partial charge in [-0.25, -0.2) is 0 Å².